The quantitative estimate of drug-likeness (QED) is 0.303. The predicted octanol–water partition coefficient (Wildman–Crippen LogP) is 5.60. The number of ether oxygens (including phenoxy) is 1. The van der Waals surface area contributed by atoms with Gasteiger partial charge in [0.15, 0.2) is 5.11 Å². The van der Waals surface area contributed by atoms with Crippen LogP contribution in [0.15, 0.2) is 85.2 Å². The molecule has 1 aliphatic heterocycles. The standard InChI is InChI=1S/C28H26ClN5O2S/c1-18-16-21(12-13-22(18)29)33-15-5-7-24(33)27-26(23-6-3-4-14-30-23)32-28(37)34(27)20-10-8-19(9-11-20)31-25(35)17-36-2/h3-16,26-27H,17H2,1-2H3,(H,31,35)(H,32,37). The first-order valence-electron chi connectivity index (χ1n) is 11.8. The minimum atomic E-state index is -0.210. The zero-order chi connectivity index (χ0) is 25.9. The number of rotatable bonds is 7. The van der Waals surface area contributed by atoms with Crippen molar-refractivity contribution >= 4 is 46.2 Å². The number of halogens is 1. The van der Waals surface area contributed by atoms with Crippen molar-refractivity contribution in [3.63, 3.8) is 0 Å². The molecule has 188 valence electrons. The molecule has 37 heavy (non-hydrogen) atoms. The number of hydrogen-bond acceptors (Lipinski definition) is 4. The molecule has 0 spiro atoms. The number of anilines is 2. The lowest BCUT2D eigenvalue weighted by molar-refractivity contribution is -0.119. The number of nitrogens with zero attached hydrogens (tertiary/aromatic N) is 3. The normalized spacial score (nSPS) is 17.1. The maximum Gasteiger partial charge on any atom is 0.250 e. The predicted molar refractivity (Wildman–Crippen MR) is 150 cm³/mol. The van der Waals surface area contributed by atoms with Gasteiger partial charge in [-0.3, -0.25) is 9.78 Å². The number of aromatic nitrogens is 2. The molecule has 3 heterocycles. The fourth-order valence-electron chi connectivity index (χ4n) is 4.62. The number of hydrogen-bond donors (Lipinski definition) is 2. The van der Waals surface area contributed by atoms with Gasteiger partial charge in [-0.25, -0.2) is 0 Å². The molecule has 0 bridgehead atoms. The molecule has 0 aliphatic carbocycles. The van der Waals surface area contributed by atoms with Crippen molar-refractivity contribution in [2.45, 2.75) is 19.0 Å². The van der Waals surface area contributed by atoms with Gasteiger partial charge in [-0.15, -0.1) is 0 Å². The molecular weight excluding hydrogens is 506 g/mol. The van der Waals surface area contributed by atoms with Gasteiger partial charge in [0, 0.05) is 47.3 Å². The average Bonchev–Trinajstić information content (AvgIpc) is 3.51. The van der Waals surface area contributed by atoms with E-state index in [9.17, 15) is 4.79 Å². The number of benzene rings is 2. The van der Waals surface area contributed by atoms with Gasteiger partial charge in [-0.2, -0.15) is 0 Å². The van der Waals surface area contributed by atoms with E-state index in [1.54, 1.807) is 6.20 Å². The third-order valence-electron chi connectivity index (χ3n) is 6.31. The second-order valence-electron chi connectivity index (χ2n) is 8.76. The summed E-state index contributed by atoms with van der Waals surface area (Å²) >= 11 is 12.2. The molecule has 1 aliphatic rings. The maximum atomic E-state index is 11.9. The van der Waals surface area contributed by atoms with Crippen molar-refractivity contribution in [1.29, 1.82) is 0 Å². The highest BCUT2D eigenvalue weighted by molar-refractivity contribution is 7.80. The summed E-state index contributed by atoms with van der Waals surface area (Å²) in [6, 6.07) is 23.3. The summed E-state index contributed by atoms with van der Waals surface area (Å²) in [6.07, 6.45) is 3.83. The maximum absolute atomic E-state index is 11.9. The van der Waals surface area contributed by atoms with Crippen LogP contribution in [0.2, 0.25) is 5.02 Å². The first-order chi connectivity index (χ1) is 18.0. The van der Waals surface area contributed by atoms with Crippen LogP contribution in [0.1, 0.15) is 29.0 Å². The Balaban J connectivity index is 1.57. The van der Waals surface area contributed by atoms with Crippen molar-refractivity contribution in [3.05, 3.63) is 107 Å². The summed E-state index contributed by atoms with van der Waals surface area (Å²) in [4.78, 5) is 18.7. The first kappa shape index (κ1) is 25.0. The van der Waals surface area contributed by atoms with E-state index < -0.39 is 0 Å². The van der Waals surface area contributed by atoms with Crippen LogP contribution >= 0.6 is 23.8 Å². The fraction of sp³-hybridized carbons (Fsp3) is 0.179. The Morgan fingerprint density at radius 3 is 2.59 bits per heavy atom. The van der Waals surface area contributed by atoms with E-state index in [0.717, 1.165) is 33.3 Å². The molecule has 5 rings (SSSR count). The van der Waals surface area contributed by atoms with Crippen molar-refractivity contribution < 1.29 is 9.53 Å². The summed E-state index contributed by atoms with van der Waals surface area (Å²) < 4.78 is 7.06. The fourth-order valence-corrected chi connectivity index (χ4v) is 5.08. The highest BCUT2D eigenvalue weighted by atomic mass is 35.5. The van der Waals surface area contributed by atoms with Gasteiger partial charge in [0.1, 0.15) is 12.6 Å². The van der Waals surface area contributed by atoms with Crippen molar-refractivity contribution in [3.8, 4) is 5.69 Å². The number of nitrogens with one attached hydrogen (secondary N) is 2. The zero-order valence-electron chi connectivity index (χ0n) is 20.4. The van der Waals surface area contributed by atoms with E-state index in [4.69, 9.17) is 28.6 Å². The van der Waals surface area contributed by atoms with Gasteiger partial charge in [0.25, 0.3) is 0 Å². The summed E-state index contributed by atoms with van der Waals surface area (Å²) in [5, 5.41) is 7.65. The zero-order valence-corrected chi connectivity index (χ0v) is 22.0. The molecule has 4 aromatic rings. The lowest BCUT2D eigenvalue weighted by Gasteiger charge is -2.29. The number of carbonyl (C=O) groups excluding carboxylic acids is 1. The summed E-state index contributed by atoms with van der Waals surface area (Å²) in [7, 11) is 1.49. The summed E-state index contributed by atoms with van der Waals surface area (Å²) in [6.45, 7) is 1.99. The van der Waals surface area contributed by atoms with Crippen LogP contribution in [0.5, 0.6) is 0 Å². The van der Waals surface area contributed by atoms with Crippen LogP contribution in [-0.2, 0) is 9.53 Å². The molecule has 2 aromatic carbocycles. The van der Waals surface area contributed by atoms with Crippen LogP contribution in [0.4, 0.5) is 11.4 Å². The Hall–Kier alpha value is -3.72. The molecule has 1 fully saturated rings. The molecule has 1 amide bonds. The van der Waals surface area contributed by atoms with E-state index in [2.05, 4.69) is 37.2 Å². The van der Waals surface area contributed by atoms with E-state index in [0.29, 0.717) is 10.8 Å². The van der Waals surface area contributed by atoms with Crippen molar-refractivity contribution in [2.75, 3.05) is 23.9 Å². The lowest BCUT2D eigenvalue weighted by atomic mass is 10.0. The molecular formula is C28H26ClN5O2S. The molecule has 2 N–H and O–H groups in total. The van der Waals surface area contributed by atoms with Crippen molar-refractivity contribution in [1.82, 2.24) is 14.9 Å². The number of thiocarbonyl (C=S) groups is 1. The smallest absolute Gasteiger partial charge is 0.250 e. The van der Waals surface area contributed by atoms with Crippen LogP contribution in [0.3, 0.4) is 0 Å². The highest BCUT2D eigenvalue weighted by Crippen LogP contribution is 2.42. The first-order valence-corrected chi connectivity index (χ1v) is 12.6. The van der Waals surface area contributed by atoms with E-state index >= 15 is 0 Å². The van der Waals surface area contributed by atoms with E-state index in [1.807, 2.05) is 73.8 Å². The second-order valence-corrected chi connectivity index (χ2v) is 9.56. The van der Waals surface area contributed by atoms with Crippen LogP contribution in [0.25, 0.3) is 5.69 Å². The third kappa shape index (κ3) is 5.09. The molecule has 9 heteroatoms. The van der Waals surface area contributed by atoms with Gasteiger partial charge in [-0.05, 0) is 91.4 Å². The van der Waals surface area contributed by atoms with Gasteiger partial charge < -0.3 is 24.8 Å². The Kier molecular flexibility index (Phi) is 7.23. The Labute approximate surface area is 226 Å². The topological polar surface area (TPSA) is 71.4 Å². The number of aryl methyl sites for hydroxylation is 1. The Morgan fingerprint density at radius 1 is 1.11 bits per heavy atom. The van der Waals surface area contributed by atoms with Gasteiger partial charge in [0.2, 0.25) is 5.91 Å². The molecule has 2 unspecified atom stereocenters. The van der Waals surface area contributed by atoms with Crippen molar-refractivity contribution in [2.24, 2.45) is 0 Å². The molecule has 2 aromatic heterocycles. The SMILES string of the molecule is COCC(=O)Nc1ccc(N2C(=S)NC(c3ccccn3)C2c2cccn2-c2ccc(Cl)c(C)c2)cc1. The number of amides is 1. The summed E-state index contributed by atoms with van der Waals surface area (Å²) in [5.41, 5.74) is 5.52. The third-order valence-corrected chi connectivity index (χ3v) is 7.04. The van der Waals surface area contributed by atoms with E-state index in [1.165, 1.54) is 7.11 Å². The molecule has 0 radical (unpaired) electrons. The highest BCUT2D eigenvalue weighted by Gasteiger charge is 2.42. The average molecular weight is 532 g/mol. The second kappa shape index (κ2) is 10.7. The minimum Gasteiger partial charge on any atom is -0.375 e. The largest absolute Gasteiger partial charge is 0.375 e. The Bertz CT molecular complexity index is 1420. The number of methoxy groups -OCH3 is 1. The van der Waals surface area contributed by atoms with E-state index in [-0.39, 0.29) is 24.6 Å². The van der Waals surface area contributed by atoms with Crippen LogP contribution < -0.4 is 15.5 Å². The number of pyridine rings is 1. The lowest BCUT2D eigenvalue weighted by Crippen LogP contribution is -2.30. The van der Waals surface area contributed by atoms with Gasteiger partial charge >= 0.3 is 0 Å². The number of carbonyl (C=O) groups is 1. The molecule has 2 atom stereocenters. The molecule has 7 nitrogen and oxygen atoms in total. The molecule has 1 saturated heterocycles. The Morgan fingerprint density at radius 2 is 1.89 bits per heavy atom. The molecule has 0 saturated carbocycles. The van der Waals surface area contributed by atoms with Crippen LogP contribution in [0, 0.1) is 6.92 Å². The van der Waals surface area contributed by atoms with Gasteiger partial charge in [0.05, 0.1) is 11.7 Å². The van der Waals surface area contributed by atoms with Crippen LogP contribution in [-0.4, -0.2) is 34.3 Å². The summed E-state index contributed by atoms with van der Waals surface area (Å²) in [5.74, 6) is -0.210. The minimum absolute atomic E-state index is 0.00310. The monoisotopic (exact) mass is 531 g/mol. The van der Waals surface area contributed by atoms with Gasteiger partial charge in [-0.1, -0.05) is 17.7 Å².